The van der Waals surface area contributed by atoms with Gasteiger partial charge in [0.05, 0.1) is 5.52 Å². The lowest BCUT2D eigenvalue weighted by atomic mass is 10.1. The van der Waals surface area contributed by atoms with Gasteiger partial charge in [0, 0.05) is 29.8 Å². The van der Waals surface area contributed by atoms with Crippen molar-refractivity contribution < 1.29 is 19.0 Å². The standard InChI is InChI=1S/C21H26N2O4S/c1-21(2,3)23-19(24)20(28-5)27-17-8-9-18-16(12-17)11-15(13-22-18)7-6-10-26-14-25-4/h8-9,11-13,20H,10,14H2,1-5H3,(H,23,24). The molecule has 1 atom stereocenters. The number of methoxy groups -OCH3 is 1. The zero-order valence-electron chi connectivity index (χ0n) is 16.9. The van der Waals surface area contributed by atoms with Crippen molar-refractivity contribution in [3.8, 4) is 17.6 Å². The molecule has 0 radical (unpaired) electrons. The lowest BCUT2D eigenvalue weighted by Crippen LogP contribution is -2.46. The highest BCUT2D eigenvalue weighted by Gasteiger charge is 2.23. The Bertz CT molecular complexity index is 868. The van der Waals surface area contributed by atoms with Gasteiger partial charge in [-0.2, -0.15) is 0 Å². The van der Waals surface area contributed by atoms with E-state index < -0.39 is 5.44 Å². The second-order valence-corrected chi connectivity index (χ2v) is 7.96. The highest BCUT2D eigenvalue weighted by molar-refractivity contribution is 7.99. The van der Waals surface area contributed by atoms with E-state index in [1.54, 1.807) is 13.3 Å². The molecule has 0 fully saturated rings. The number of pyridine rings is 1. The molecule has 0 aliphatic carbocycles. The van der Waals surface area contributed by atoms with Gasteiger partial charge in [0.25, 0.3) is 5.91 Å². The van der Waals surface area contributed by atoms with Gasteiger partial charge in [-0.15, -0.1) is 11.8 Å². The summed E-state index contributed by atoms with van der Waals surface area (Å²) in [7, 11) is 1.56. The molecule has 6 nitrogen and oxygen atoms in total. The Balaban J connectivity index is 2.14. The number of nitrogens with one attached hydrogen (secondary N) is 1. The number of rotatable bonds is 7. The van der Waals surface area contributed by atoms with Gasteiger partial charge in [-0.1, -0.05) is 11.8 Å². The SMILES string of the molecule is COCOCC#Cc1cnc2ccc(OC(SC)C(=O)NC(C)(C)C)cc2c1. The molecular weight excluding hydrogens is 376 g/mol. The third-order valence-electron chi connectivity index (χ3n) is 3.43. The van der Waals surface area contributed by atoms with Gasteiger partial charge in [-0.25, -0.2) is 0 Å². The van der Waals surface area contributed by atoms with Crippen LogP contribution in [0.15, 0.2) is 30.5 Å². The molecule has 2 rings (SSSR count). The van der Waals surface area contributed by atoms with Crippen molar-refractivity contribution in [2.24, 2.45) is 0 Å². The van der Waals surface area contributed by atoms with Gasteiger partial charge >= 0.3 is 0 Å². The predicted molar refractivity (Wildman–Crippen MR) is 112 cm³/mol. The Morgan fingerprint density at radius 2 is 2.11 bits per heavy atom. The lowest BCUT2D eigenvalue weighted by Gasteiger charge is -2.24. The molecule has 1 N–H and O–H groups in total. The first-order valence-corrected chi connectivity index (χ1v) is 10.1. The summed E-state index contributed by atoms with van der Waals surface area (Å²) in [6, 6.07) is 7.47. The summed E-state index contributed by atoms with van der Waals surface area (Å²) in [5.74, 6) is 6.37. The Morgan fingerprint density at radius 3 is 2.79 bits per heavy atom. The second kappa shape index (κ2) is 10.3. The summed E-state index contributed by atoms with van der Waals surface area (Å²) in [5.41, 5.74) is 0.652. The Kier molecular flexibility index (Phi) is 8.12. The van der Waals surface area contributed by atoms with Crippen molar-refractivity contribution in [2.75, 3.05) is 26.8 Å². The van der Waals surface area contributed by atoms with Crippen molar-refractivity contribution >= 4 is 28.6 Å². The van der Waals surface area contributed by atoms with Crippen LogP contribution in [0.2, 0.25) is 0 Å². The van der Waals surface area contributed by atoms with E-state index in [1.165, 1.54) is 11.8 Å². The van der Waals surface area contributed by atoms with E-state index >= 15 is 0 Å². The second-order valence-electron chi connectivity index (χ2n) is 7.06. The van der Waals surface area contributed by atoms with Gasteiger partial charge in [0.1, 0.15) is 19.1 Å². The number of carbonyl (C=O) groups is 1. The molecule has 1 amide bonds. The van der Waals surface area contributed by atoms with Crippen LogP contribution in [0.3, 0.4) is 0 Å². The molecule has 1 heterocycles. The number of amides is 1. The fourth-order valence-electron chi connectivity index (χ4n) is 2.33. The summed E-state index contributed by atoms with van der Waals surface area (Å²) >= 11 is 1.34. The Labute approximate surface area is 170 Å². The number of ether oxygens (including phenoxy) is 3. The molecular formula is C21H26N2O4S. The molecule has 1 aromatic heterocycles. The van der Waals surface area contributed by atoms with Crippen LogP contribution in [-0.2, 0) is 14.3 Å². The zero-order chi connectivity index (χ0) is 20.6. The number of thioether (sulfide) groups is 1. The quantitative estimate of drug-likeness (QED) is 0.436. The first-order valence-electron chi connectivity index (χ1n) is 8.79. The first kappa shape index (κ1) is 22.0. The number of nitrogens with zero attached hydrogens (tertiary/aromatic N) is 1. The summed E-state index contributed by atoms with van der Waals surface area (Å²) in [6.45, 7) is 6.31. The van der Waals surface area contributed by atoms with Crippen LogP contribution in [0.1, 0.15) is 26.3 Å². The van der Waals surface area contributed by atoms with Crippen LogP contribution < -0.4 is 10.1 Å². The molecule has 0 aliphatic rings. The van der Waals surface area contributed by atoms with Crippen LogP contribution >= 0.6 is 11.8 Å². The van der Waals surface area contributed by atoms with Gasteiger partial charge < -0.3 is 19.5 Å². The van der Waals surface area contributed by atoms with Gasteiger partial charge in [0.15, 0.2) is 0 Å². The highest BCUT2D eigenvalue weighted by Crippen LogP contribution is 2.23. The van der Waals surface area contributed by atoms with E-state index in [4.69, 9.17) is 14.2 Å². The molecule has 0 spiro atoms. The van der Waals surface area contributed by atoms with Crippen molar-refractivity contribution in [2.45, 2.75) is 31.7 Å². The monoisotopic (exact) mass is 402 g/mol. The molecule has 0 bridgehead atoms. The van der Waals surface area contributed by atoms with Crippen LogP contribution in [0.5, 0.6) is 5.75 Å². The summed E-state index contributed by atoms with van der Waals surface area (Å²) < 4.78 is 15.8. The smallest absolute Gasteiger partial charge is 0.272 e. The molecule has 1 unspecified atom stereocenters. The molecule has 1 aromatic carbocycles. The van der Waals surface area contributed by atoms with Crippen LogP contribution in [0.4, 0.5) is 0 Å². The molecule has 0 aliphatic heterocycles. The summed E-state index contributed by atoms with van der Waals surface area (Å²) in [5, 5.41) is 3.83. The first-order chi connectivity index (χ1) is 13.3. The maximum Gasteiger partial charge on any atom is 0.272 e. The molecule has 0 saturated heterocycles. The van der Waals surface area contributed by atoms with Crippen molar-refractivity contribution in [3.63, 3.8) is 0 Å². The number of hydrogen-bond donors (Lipinski definition) is 1. The average Bonchev–Trinajstić information content (AvgIpc) is 2.64. The number of aromatic nitrogens is 1. The van der Waals surface area contributed by atoms with Crippen LogP contribution in [0, 0.1) is 11.8 Å². The van der Waals surface area contributed by atoms with Crippen molar-refractivity contribution in [3.05, 3.63) is 36.0 Å². The van der Waals surface area contributed by atoms with Crippen molar-refractivity contribution in [1.82, 2.24) is 10.3 Å². The van der Waals surface area contributed by atoms with E-state index in [0.717, 1.165) is 16.5 Å². The molecule has 28 heavy (non-hydrogen) atoms. The summed E-state index contributed by atoms with van der Waals surface area (Å²) in [6.07, 6.45) is 3.56. The van der Waals surface area contributed by atoms with E-state index in [2.05, 4.69) is 22.1 Å². The topological polar surface area (TPSA) is 69.7 Å². The lowest BCUT2D eigenvalue weighted by molar-refractivity contribution is -0.125. The van der Waals surface area contributed by atoms with Gasteiger partial charge in [0.2, 0.25) is 5.44 Å². The van der Waals surface area contributed by atoms with Crippen LogP contribution in [-0.4, -0.2) is 48.6 Å². The largest absolute Gasteiger partial charge is 0.470 e. The number of hydrogen-bond acceptors (Lipinski definition) is 6. The number of benzene rings is 1. The minimum absolute atomic E-state index is 0.158. The highest BCUT2D eigenvalue weighted by atomic mass is 32.2. The maximum absolute atomic E-state index is 12.4. The third kappa shape index (κ3) is 7.04. The van der Waals surface area contributed by atoms with Crippen molar-refractivity contribution in [1.29, 1.82) is 0 Å². The van der Waals surface area contributed by atoms with E-state index in [1.807, 2.05) is 51.3 Å². The third-order valence-corrected chi connectivity index (χ3v) is 4.17. The molecule has 0 saturated carbocycles. The van der Waals surface area contributed by atoms with E-state index in [9.17, 15) is 4.79 Å². The molecule has 7 heteroatoms. The number of carbonyl (C=O) groups excluding carboxylic acids is 1. The normalized spacial score (nSPS) is 12.2. The molecule has 150 valence electrons. The maximum atomic E-state index is 12.4. The van der Waals surface area contributed by atoms with E-state index in [0.29, 0.717) is 5.75 Å². The van der Waals surface area contributed by atoms with E-state index in [-0.39, 0.29) is 24.8 Å². The van der Waals surface area contributed by atoms with Gasteiger partial charge in [-0.3, -0.25) is 9.78 Å². The Morgan fingerprint density at radius 1 is 1.32 bits per heavy atom. The fraction of sp³-hybridized carbons (Fsp3) is 0.429. The number of fused-ring (bicyclic) bond motifs is 1. The predicted octanol–water partition coefficient (Wildman–Crippen LogP) is 3.19. The minimum Gasteiger partial charge on any atom is -0.470 e. The Hall–Kier alpha value is -2.27. The average molecular weight is 403 g/mol. The summed E-state index contributed by atoms with van der Waals surface area (Å²) in [4.78, 5) is 16.8. The fourth-order valence-corrected chi connectivity index (χ4v) is 2.81. The van der Waals surface area contributed by atoms with Gasteiger partial charge in [-0.05, 0) is 51.3 Å². The minimum atomic E-state index is -0.634. The zero-order valence-corrected chi connectivity index (χ0v) is 17.7. The molecule has 2 aromatic rings. The van der Waals surface area contributed by atoms with Crippen LogP contribution in [0.25, 0.3) is 10.9 Å².